The van der Waals surface area contributed by atoms with Crippen molar-refractivity contribution < 1.29 is 14.6 Å². The molecule has 3 rings (SSSR count). The zero-order valence-corrected chi connectivity index (χ0v) is 21.8. The molecule has 3 N–H and O–H groups in total. The summed E-state index contributed by atoms with van der Waals surface area (Å²) in [6.07, 6.45) is 0. The number of amides is 1. The van der Waals surface area contributed by atoms with Crippen LogP contribution in [0.5, 0.6) is 0 Å². The van der Waals surface area contributed by atoms with Crippen LogP contribution >= 0.6 is 35.3 Å². The minimum atomic E-state index is -1.05. The van der Waals surface area contributed by atoms with E-state index in [4.69, 9.17) is 4.74 Å². The third kappa shape index (κ3) is 7.43. The van der Waals surface area contributed by atoms with E-state index in [1.807, 2.05) is 59.0 Å². The highest BCUT2D eigenvalue weighted by atomic mass is 127. The molecule has 9 heteroatoms. The normalized spacial score (nSPS) is 17.1. The topological polar surface area (TPSA) is 86.2 Å². The number of carbonyl (C=O) groups is 1. The van der Waals surface area contributed by atoms with Crippen LogP contribution in [0.4, 0.5) is 0 Å². The molecule has 0 aliphatic carbocycles. The fourth-order valence-corrected chi connectivity index (χ4v) is 4.26. The molecule has 2 unspecified atom stereocenters. The highest BCUT2D eigenvalue weighted by molar-refractivity contribution is 14.0. The first kappa shape index (κ1) is 26.6. The van der Waals surface area contributed by atoms with Gasteiger partial charge in [-0.05, 0) is 41.8 Å². The van der Waals surface area contributed by atoms with Crippen molar-refractivity contribution in [3.8, 4) is 0 Å². The van der Waals surface area contributed by atoms with Crippen LogP contribution in [0.2, 0.25) is 0 Å². The second-order valence-corrected chi connectivity index (χ2v) is 8.54. The summed E-state index contributed by atoms with van der Waals surface area (Å²) in [5.41, 5.74) is 0.763. The van der Waals surface area contributed by atoms with Gasteiger partial charge in [-0.3, -0.25) is 4.79 Å². The zero-order valence-electron chi connectivity index (χ0n) is 18.6. The first-order chi connectivity index (χ1) is 15.0. The monoisotopic (exact) mass is 572 g/mol. The average molecular weight is 573 g/mol. The van der Waals surface area contributed by atoms with E-state index in [0.717, 1.165) is 11.1 Å². The number of morpholine rings is 1. The standard InChI is InChI=1S/C23H32N4O3S.HI/c1-3-24-22(26-17-23(2,29)19-9-14-31-16-19)25-15-20(18-7-5-4-6-8-18)21(28)27-10-12-30-13-11-27;/h4-9,14,16,20,29H,3,10-13,15,17H2,1-2H3,(H2,24,25,26);1H. The van der Waals surface area contributed by atoms with Crippen LogP contribution in [0.1, 0.15) is 30.9 Å². The first-order valence-corrected chi connectivity index (χ1v) is 11.6. The van der Waals surface area contributed by atoms with Gasteiger partial charge in [0.25, 0.3) is 0 Å². The van der Waals surface area contributed by atoms with Gasteiger partial charge in [0.2, 0.25) is 5.91 Å². The predicted octanol–water partition coefficient (Wildman–Crippen LogP) is 2.77. The number of guanidine groups is 1. The zero-order chi connectivity index (χ0) is 22.1. The number of halogens is 1. The van der Waals surface area contributed by atoms with Gasteiger partial charge >= 0.3 is 0 Å². The van der Waals surface area contributed by atoms with Gasteiger partial charge in [-0.25, -0.2) is 4.99 Å². The Morgan fingerprint density at radius 2 is 1.97 bits per heavy atom. The number of carbonyl (C=O) groups excluding carboxylic acids is 1. The van der Waals surface area contributed by atoms with Crippen LogP contribution in [0.25, 0.3) is 0 Å². The number of ether oxygens (including phenoxy) is 1. The lowest BCUT2D eigenvalue weighted by atomic mass is 9.97. The van der Waals surface area contributed by atoms with Gasteiger partial charge in [0.05, 0.1) is 25.7 Å². The average Bonchev–Trinajstić information content (AvgIpc) is 3.35. The van der Waals surface area contributed by atoms with Crippen LogP contribution in [-0.2, 0) is 15.1 Å². The highest BCUT2D eigenvalue weighted by Crippen LogP contribution is 2.23. The van der Waals surface area contributed by atoms with Gasteiger partial charge in [0.15, 0.2) is 5.96 Å². The number of aliphatic imine (C=N–C) groups is 1. The van der Waals surface area contributed by atoms with E-state index in [1.165, 1.54) is 0 Å². The van der Waals surface area contributed by atoms with Gasteiger partial charge in [0, 0.05) is 26.2 Å². The SMILES string of the molecule is CCNC(=NCC(C)(O)c1ccsc1)NCC(C(=O)N1CCOCC1)c1ccccc1.I. The van der Waals surface area contributed by atoms with Crippen molar-refractivity contribution in [3.05, 3.63) is 58.3 Å². The highest BCUT2D eigenvalue weighted by Gasteiger charge is 2.28. The molecular formula is C23H33IN4O3S. The lowest BCUT2D eigenvalue weighted by molar-refractivity contribution is -0.136. The summed E-state index contributed by atoms with van der Waals surface area (Å²) < 4.78 is 5.40. The molecule has 0 spiro atoms. The summed E-state index contributed by atoms with van der Waals surface area (Å²) in [5.74, 6) is 0.331. The van der Waals surface area contributed by atoms with Crippen LogP contribution in [0.3, 0.4) is 0 Å². The molecule has 0 radical (unpaired) electrons. The molecule has 2 aromatic rings. The first-order valence-electron chi connectivity index (χ1n) is 10.7. The Labute approximate surface area is 211 Å². The number of aliphatic hydroxyl groups is 1. The van der Waals surface area contributed by atoms with E-state index in [1.54, 1.807) is 18.3 Å². The van der Waals surface area contributed by atoms with E-state index < -0.39 is 5.60 Å². The minimum absolute atomic E-state index is 0. The lowest BCUT2D eigenvalue weighted by Crippen LogP contribution is -2.47. The molecule has 1 amide bonds. The van der Waals surface area contributed by atoms with Gasteiger partial charge in [-0.1, -0.05) is 30.3 Å². The second-order valence-electron chi connectivity index (χ2n) is 7.76. The maximum Gasteiger partial charge on any atom is 0.232 e. The molecule has 32 heavy (non-hydrogen) atoms. The summed E-state index contributed by atoms with van der Waals surface area (Å²) >= 11 is 1.55. The van der Waals surface area contributed by atoms with Crippen LogP contribution in [-0.4, -0.2) is 67.8 Å². The number of hydrogen-bond donors (Lipinski definition) is 3. The molecule has 1 aromatic carbocycles. The fourth-order valence-electron chi connectivity index (χ4n) is 3.47. The van der Waals surface area contributed by atoms with Crippen molar-refractivity contribution in [1.82, 2.24) is 15.5 Å². The maximum atomic E-state index is 13.3. The lowest BCUT2D eigenvalue weighted by Gasteiger charge is -2.31. The summed E-state index contributed by atoms with van der Waals surface area (Å²) in [7, 11) is 0. The Bertz CT molecular complexity index is 840. The minimum Gasteiger partial charge on any atom is -0.383 e. The number of nitrogens with zero attached hydrogens (tertiary/aromatic N) is 2. The molecular weight excluding hydrogens is 539 g/mol. The summed E-state index contributed by atoms with van der Waals surface area (Å²) in [5, 5.41) is 21.2. The molecule has 1 aliphatic rings. The Balaban J connectivity index is 0.00000363. The Kier molecular flexibility index (Phi) is 10.9. The van der Waals surface area contributed by atoms with E-state index in [0.29, 0.717) is 45.4 Å². The van der Waals surface area contributed by atoms with Crippen molar-refractivity contribution in [2.75, 3.05) is 45.9 Å². The molecule has 1 saturated heterocycles. The second kappa shape index (κ2) is 13.1. The number of hydrogen-bond acceptors (Lipinski definition) is 5. The van der Waals surface area contributed by atoms with Gasteiger partial charge in [-0.15, -0.1) is 24.0 Å². The number of benzene rings is 1. The van der Waals surface area contributed by atoms with E-state index in [2.05, 4.69) is 15.6 Å². The molecule has 0 bridgehead atoms. The van der Waals surface area contributed by atoms with Gasteiger partial charge in [-0.2, -0.15) is 11.3 Å². The molecule has 2 atom stereocenters. The Morgan fingerprint density at radius 1 is 1.25 bits per heavy atom. The van der Waals surface area contributed by atoms with E-state index >= 15 is 0 Å². The fraction of sp³-hybridized carbons (Fsp3) is 0.478. The van der Waals surface area contributed by atoms with Crippen molar-refractivity contribution in [3.63, 3.8) is 0 Å². The molecule has 1 aromatic heterocycles. The van der Waals surface area contributed by atoms with Crippen molar-refractivity contribution in [2.24, 2.45) is 4.99 Å². The summed E-state index contributed by atoms with van der Waals surface area (Å²) in [4.78, 5) is 19.7. The van der Waals surface area contributed by atoms with E-state index in [9.17, 15) is 9.90 Å². The smallest absolute Gasteiger partial charge is 0.232 e. The maximum absolute atomic E-state index is 13.3. The molecule has 7 nitrogen and oxygen atoms in total. The Hall–Kier alpha value is -1.69. The van der Waals surface area contributed by atoms with Crippen LogP contribution in [0.15, 0.2) is 52.2 Å². The van der Waals surface area contributed by atoms with Gasteiger partial charge in [0.1, 0.15) is 5.60 Å². The van der Waals surface area contributed by atoms with Crippen LogP contribution in [0, 0.1) is 0 Å². The number of nitrogens with one attached hydrogen (secondary N) is 2. The molecule has 1 fully saturated rings. The van der Waals surface area contributed by atoms with Gasteiger partial charge < -0.3 is 25.4 Å². The third-order valence-corrected chi connectivity index (χ3v) is 6.01. The van der Waals surface area contributed by atoms with Crippen molar-refractivity contribution in [2.45, 2.75) is 25.4 Å². The largest absolute Gasteiger partial charge is 0.383 e. The number of rotatable bonds is 8. The number of thiophene rings is 1. The predicted molar refractivity (Wildman–Crippen MR) is 140 cm³/mol. The summed E-state index contributed by atoms with van der Waals surface area (Å²) in [6, 6.07) is 11.7. The molecule has 0 saturated carbocycles. The van der Waals surface area contributed by atoms with Crippen molar-refractivity contribution >= 4 is 47.2 Å². The van der Waals surface area contributed by atoms with Crippen molar-refractivity contribution in [1.29, 1.82) is 0 Å². The molecule has 176 valence electrons. The Morgan fingerprint density at radius 3 is 2.59 bits per heavy atom. The van der Waals surface area contributed by atoms with E-state index in [-0.39, 0.29) is 42.3 Å². The van der Waals surface area contributed by atoms with Crippen LogP contribution < -0.4 is 10.6 Å². The third-order valence-electron chi connectivity index (χ3n) is 5.33. The summed E-state index contributed by atoms with van der Waals surface area (Å²) in [6.45, 7) is 7.42. The molecule has 2 heterocycles. The quantitative estimate of drug-likeness (QED) is 0.258. The molecule has 1 aliphatic heterocycles.